The molecule has 1 heterocycles. The normalized spacial score (nSPS) is 10.4. The van der Waals surface area contributed by atoms with E-state index in [2.05, 4.69) is 12.2 Å². The first-order valence-electron chi connectivity index (χ1n) is 6.89. The summed E-state index contributed by atoms with van der Waals surface area (Å²) in [6, 6.07) is 0. The monoisotopic (exact) mass is 299 g/mol. The van der Waals surface area contributed by atoms with Gasteiger partial charge in [-0.05, 0) is 32.8 Å². The van der Waals surface area contributed by atoms with Crippen molar-refractivity contribution in [2.45, 2.75) is 34.1 Å². The lowest BCUT2D eigenvalue weighted by atomic mass is 10.1. The Bertz CT molecular complexity index is 483. The quantitative estimate of drug-likeness (QED) is 0.591. The van der Waals surface area contributed by atoms with Crippen LogP contribution in [0.25, 0.3) is 0 Å². The number of esters is 1. The van der Waals surface area contributed by atoms with Crippen LogP contribution < -0.4 is 10.6 Å². The Morgan fingerprint density at radius 2 is 2.00 bits per heavy atom. The minimum Gasteiger partial charge on any atom is -0.462 e. The summed E-state index contributed by atoms with van der Waals surface area (Å²) in [4.78, 5) is 24.8. The first kappa shape index (κ1) is 16.7. The zero-order valence-electron chi connectivity index (χ0n) is 12.5. The highest BCUT2D eigenvalue weighted by Crippen LogP contribution is 2.32. The Balaban J connectivity index is 2.81. The van der Waals surface area contributed by atoms with Crippen molar-refractivity contribution >= 4 is 28.2 Å². The number of anilines is 1. The van der Waals surface area contributed by atoms with Gasteiger partial charge in [0.15, 0.2) is 6.54 Å². The van der Waals surface area contributed by atoms with E-state index < -0.39 is 0 Å². The van der Waals surface area contributed by atoms with Crippen molar-refractivity contribution in [1.82, 2.24) is 0 Å². The summed E-state index contributed by atoms with van der Waals surface area (Å²) in [6.07, 6.45) is 1.03. The van der Waals surface area contributed by atoms with E-state index in [1.807, 2.05) is 19.2 Å². The van der Waals surface area contributed by atoms with Crippen molar-refractivity contribution in [3.05, 3.63) is 16.0 Å². The fourth-order valence-electron chi connectivity index (χ4n) is 1.78. The molecule has 3 N–H and O–H groups in total. The third-order valence-corrected chi connectivity index (χ3v) is 4.06. The summed E-state index contributed by atoms with van der Waals surface area (Å²) in [6.45, 7) is 9.25. The van der Waals surface area contributed by atoms with E-state index in [1.54, 1.807) is 6.92 Å². The Morgan fingerprint density at radius 1 is 1.30 bits per heavy atom. The Kier molecular flexibility index (Phi) is 6.67. The van der Waals surface area contributed by atoms with Gasteiger partial charge in [-0.15, -0.1) is 11.3 Å². The first-order chi connectivity index (χ1) is 9.51. The van der Waals surface area contributed by atoms with Crippen molar-refractivity contribution in [2.24, 2.45) is 0 Å². The van der Waals surface area contributed by atoms with Crippen LogP contribution in [0.2, 0.25) is 0 Å². The number of ether oxygens (including phenoxy) is 1. The molecule has 0 atom stereocenters. The van der Waals surface area contributed by atoms with Crippen LogP contribution in [0.15, 0.2) is 0 Å². The van der Waals surface area contributed by atoms with Crippen LogP contribution in [0.3, 0.4) is 0 Å². The van der Waals surface area contributed by atoms with E-state index in [-0.39, 0.29) is 11.9 Å². The van der Waals surface area contributed by atoms with Gasteiger partial charge in [-0.3, -0.25) is 4.79 Å². The van der Waals surface area contributed by atoms with E-state index in [0.29, 0.717) is 23.7 Å². The number of amides is 1. The highest BCUT2D eigenvalue weighted by atomic mass is 32.1. The second-order valence-electron chi connectivity index (χ2n) is 4.54. The van der Waals surface area contributed by atoms with Crippen molar-refractivity contribution in [2.75, 3.05) is 25.0 Å². The summed E-state index contributed by atoms with van der Waals surface area (Å²) in [5, 5.41) is 5.36. The molecule has 0 bridgehead atoms. The summed E-state index contributed by atoms with van der Waals surface area (Å²) in [5.74, 6) is -0.465. The molecular weight excluding hydrogens is 276 g/mol. The highest BCUT2D eigenvalue weighted by molar-refractivity contribution is 7.16. The van der Waals surface area contributed by atoms with Gasteiger partial charge in [0.25, 0.3) is 5.91 Å². The third-order valence-electron chi connectivity index (χ3n) is 2.94. The van der Waals surface area contributed by atoms with E-state index in [9.17, 15) is 9.59 Å². The Morgan fingerprint density at radius 3 is 2.60 bits per heavy atom. The van der Waals surface area contributed by atoms with Gasteiger partial charge < -0.3 is 15.4 Å². The smallest absolute Gasteiger partial charge is 0.341 e. The lowest BCUT2D eigenvalue weighted by Crippen LogP contribution is -2.86. The zero-order chi connectivity index (χ0) is 15.1. The van der Waals surface area contributed by atoms with Crippen LogP contribution in [0, 0.1) is 13.8 Å². The number of hydrogen-bond donors (Lipinski definition) is 2. The van der Waals surface area contributed by atoms with Gasteiger partial charge in [-0.25, -0.2) is 4.79 Å². The molecule has 0 aliphatic rings. The number of carbonyl (C=O) groups excluding carboxylic acids is 2. The summed E-state index contributed by atoms with van der Waals surface area (Å²) in [5.41, 5.74) is 1.36. The molecule has 0 spiro atoms. The molecule has 1 rings (SSSR count). The first-order valence-corrected chi connectivity index (χ1v) is 7.71. The maximum atomic E-state index is 12.0. The Hall–Kier alpha value is -1.40. The average molecular weight is 299 g/mol. The predicted octanol–water partition coefficient (Wildman–Crippen LogP) is 1.45. The van der Waals surface area contributed by atoms with Crippen molar-refractivity contribution < 1.29 is 19.6 Å². The molecular formula is C14H23N2O3S+. The van der Waals surface area contributed by atoms with Gasteiger partial charge in [0.1, 0.15) is 5.00 Å². The van der Waals surface area contributed by atoms with E-state index in [1.165, 1.54) is 11.3 Å². The van der Waals surface area contributed by atoms with E-state index >= 15 is 0 Å². The van der Waals surface area contributed by atoms with Gasteiger partial charge in [0.05, 0.1) is 18.7 Å². The van der Waals surface area contributed by atoms with Crippen LogP contribution in [-0.4, -0.2) is 31.6 Å². The molecule has 20 heavy (non-hydrogen) atoms. The molecule has 5 nitrogen and oxygen atoms in total. The molecule has 1 aromatic rings. The minimum absolute atomic E-state index is 0.0924. The molecule has 0 saturated heterocycles. The predicted molar refractivity (Wildman–Crippen MR) is 80.3 cm³/mol. The van der Waals surface area contributed by atoms with E-state index in [0.717, 1.165) is 23.4 Å². The average Bonchev–Trinajstić information content (AvgIpc) is 2.65. The second-order valence-corrected chi connectivity index (χ2v) is 5.76. The topological polar surface area (TPSA) is 72.0 Å². The second kappa shape index (κ2) is 8.01. The van der Waals surface area contributed by atoms with Crippen molar-refractivity contribution in [1.29, 1.82) is 0 Å². The summed E-state index contributed by atoms with van der Waals surface area (Å²) >= 11 is 1.42. The number of nitrogens with one attached hydrogen (secondary N) is 1. The van der Waals surface area contributed by atoms with Crippen LogP contribution >= 0.6 is 11.3 Å². The van der Waals surface area contributed by atoms with Crippen LogP contribution in [0.4, 0.5) is 5.00 Å². The zero-order valence-corrected chi connectivity index (χ0v) is 13.4. The lowest BCUT2D eigenvalue weighted by molar-refractivity contribution is -0.643. The number of rotatable bonds is 7. The molecule has 6 heteroatoms. The maximum Gasteiger partial charge on any atom is 0.341 e. The molecule has 0 saturated carbocycles. The van der Waals surface area contributed by atoms with Crippen molar-refractivity contribution in [3.63, 3.8) is 0 Å². The summed E-state index contributed by atoms with van der Waals surface area (Å²) < 4.78 is 5.05. The number of quaternary nitrogens is 1. The van der Waals surface area contributed by atoms with Crippen LogP contribution in [0.1, 0.15) is 41.1 Å². The largest absolute Gasteiger partial charge is 0.462 e. The molecule has 112 valence electrons. The molecule has 0 unspecified atom stereocenters. The number of aryl methyl sites for hydroxylation is 1. The number of thiophene rings is 1. The molecule has 0 aromatic carbocycles. The third kappa shape index (κ3) is 4.31. The fraction of sp³-hybridized carbons (Fsp3) is 0.571. The van der Waals surface area contributed by atoms with Gasteiger partial charge in [0.2, 0.25) is 0 Å². The standard InChI is InChI=1S/C14H22N2O3S/c1-5-7-15-8-11(17)16-13-12(14(18)19-6-2)9(3)10(4)20-13/h15H,5-8H2,1-4H3,(H,16,17)/p+1. The van der Waals surface area contributed by atoms with Crippen LogP contribution in [0.5, 0.6) is 0 Å². The maximum absolute atomic E-state index is 12.0. The highest BCUT2D eigenvalue weighted by Gasteiger charge is 2.22. The Labute approximate surface area is 123 Å². The molecule has 1 aromatic heterocycles. The van der Waals surface area contributed by atoms with Gasteiger partial charge in [-0.1, -0.05) is 6.92 Å². The fourth-order valence-corrected chi connectivity index (χ4v) is 2.84. The molecule has 0 radical (unpaired) electrons. The number of nitrogens with two attached hydrogens (primary N) is 1. The lowest BCUT2D eigenvalue weighted by Gasteiger charge is -2.06. The van der Waals surface area contributed by atoms with Crippen LogP contribution in [-0.2, 0) is 9.53 Å². The number of carbonyl (C=O) groups is 2. The molecule has 0 aliphatic heterocycles. The number of hydrogen-bond acceptors (Lipinski definition) is 4. The molecule has 0 fully saturated rings. The van der Waals surface area contributed by atoms with Gasteiger partial charge in [0, 0.05) is 4.88 Å². The van der Waals surface area contributed by atoms with Gasteiger partial charge in [-0.2, -0.15) is 0 Å². The molecule has 0 aliphatic carbocycles. The van der Waals surface area contributed by atoms with Gasteiger partial charge >= 0.3 is 5.97 Å². The van der Waals surface area contributed by atoms with E-state index in [4.69, 9.17) is 4.74 Å². The molecule has 1 amide bonds. The minimum atomic E-state index is -0.373. The summed E-state index contributed by atoms with van der Waals surface area (Å²) in [7, 11) is 0. The SMILES string of the molecule is CCC[NH2+]CC(=O)Nc1sc(C)c(C)c1C(=O)OCC. The van der Waals surface area contributed by atoms with Crippen molar-refractivity contribution in [3.8, 4) is 0 Å².